The van der Waals surface area contributed by atoms with Gasteiger partial charge in [-0.1, -0.05) is 53.9 Å². The van der Waals surface area contributed by atoms with Gasteiger partial charge in [-0.25, -0.2) is 8.42 Å². The van der Waals surface area contributed by atoms with Crippen LogP contribution < -0.4 is 14.4 Å². The molecule has 3 aromatic carbocycles. The second-order valence-electron chi connectivity index (χ2n) is 9.06. The number of rotatable bonds is 12. The van der Waals surface area contributed by atoms with Crippen molar-refractivity contribution in [3.8, 4) is 5.75 Å². The van der Waals surface area contributed by atoms with Gasteiger partial charge in [0.1, 0.15) is 18.3 Å². The summed E-state index contributed by atoms with van der Waals surface area (Å²) in [5, 5.41) is 3.42. The van der Waals surface area contributed by atoms with Crippen LogP contribution >= 0.6 is 23.2 Å². The van der Waals surface area contributed by atoms with E-state index in [1.165, 1.54) is 36.3 Å². The molecule has 3 aromatic rings. The molecule has 214 valence electrons. The van der Waals surface area contributed by atoms with Gasteiger partial charge >= 0.3 is 0 Å². The van der Waals surface area contributed by atoms with E-state index in [9.17, 15) is 18.0 Å². The molecule has 3 rings (SSSR count). The van der Waals surface area contributed by atoms with Crippen LogP contribution in [0.4, 0.5) is 5.69 Å². The molecule has 0 aromatic heterocycles. The number of methoxy groups -OCH3 is 1. The van der Waals surface area contributed by atoms with Crippen molar-refractivity contribution >= 4 is 50.7 Å². The van der Waals surface area contributed by atoms with Gasteiger partial charge in [0.15, 0.2) is 0 Å². The summed E-state index contributed by atoms with van der Waals surface area (Å²) in [5.74, 6) is -0.458. The molecule has 0 saturated heterocycles. The first-order valence-electron chi connectivity index (χ1n) is 12.8. The normalized spacial score (nSPS) is 11.9. The minimum Gasteiger partial charge on any atom is -0.497 e. The van der Waals surface area contributed by atoms with Gasteiger partial charge in [0, 0.05) is 28.7 Å². The second kappa shape index (κ2) is 13.9. The second-order valence-corrected chi connectivity index (χ2v) is 11.7. The van der Waals surface area contributed by atoms with E-state index in [0.29, 0.717) is 33.6 Å². The van der Waals surface area contributed by atoms with Crippen molar-refractivity contribution in [3.05, 3.63) is 87.9 Å². The average molecular weight is 607 g/mol. The fourth-order valence-electron chi connectivity index (χ4n) is 4.18. The van der Waals surface area contributed by atoms with Crippen LogP contribution in [0, 0.1) is 6.92 Å². The number of benzene rings is 3. The third-order valence-electron chi connectivity index (χ3n) is 6.38. The monoisotopic (exact) mass is 605 g/mol. The van der Waals surface area contributed by atoms with E-state index < -0.39 is 28.5 Å². The highest BCUT2D eigenvalue weighted by Gasteiger charge is 2.34. The molecule has 0 fully saturated rings. The number of nitrogens with zero attached hydrogens (tertiary/aromatic N) is 2. The molecule has 0 heterocycles. The molecule has 0 bridgehead atoms. The maximum absolute atomic E-state index is 14.0. The molecule has 0 unspecified atom stereocenters. The number of likely N-dealkylation sites (N-methyl/N-ethyl adjacent to an activating group) is 1. The number of hydrogen-bond donors (Lipinski definition) is 1. The third kappa shape index (κ3) is 7.27. The van der Waals surface area contributed by atoms with Gasteiger partial charge < -0.3 is 15.0 Å². The maximum atomic E-state index is 14.0. The number of aryl methyl sites for hydroxylation is 1. The average Bonchev–Trinajstić information content (AvgIpc) is 2.93. The third-order valence-corrected chi connectivity index (χ3v) is 8.87. The van der Waals surface area contributed by atoms with Gasteiger partial charge in [0.25, 0.3) is 10.0 Å². The molecule has 0 saturated carbocycles. The summed E-state index contributed by atoms with van der Waals surface area (Å²) in [7, 11) is -2.71. The SMILES string of the molecule is CCNC(=O)[C@@H](CC)N(Cc1c(Cl)cccc1Cl)C(=O)CN(c1ccc(C)cc1)S(=O)(=O)c1ccc(OC)cc1. The zero-order chi connectivity index (χ0) is 29.4. The van der Waals surface area contributed by atoms with E-state index in [1.807, 2.05) is 6.92 Å². The number of hydrogen-bond acceptors (Lipinski definition) is 5. The topological polar surface area (TPSA) is 96.0 Å². The highest BCUT2D eigenvalue weighted by atomic mass is 35.5. The molecular formula is C29H33Cl2N3O5S. The van der Waals surface area contributed by atoms with Crippen LogP contribution in [0.3, 0.4) is 0 Å². The number of halogens is 2. The number of amides is 2. The molecule has 1 N–H and O–H groups in total. The Morgan fingerprint density at radius 2 is 1.55 bits per heavy atom. The maximum Gasteiger partial charge on any atom is 0.264 e. The Morgan fingerprint density at radius 3 is 2.08 bits per heavy atom. The molecule has 40 heavy (non-hydrogen) atoms. The fourth-order valence-corrected chi connectivity index (χ4v) is 6.11. The van der Waals surface area contributed by atoms with Crippen molar-refractivity contribution in [1.29, 1.82) is 0 Å². The van der Waals surface area contributed by atoms with E-state index in [0.717, 1.165) is 9.87 Å². The van der Waals surface area contributed by atoms with Gasteiger partial charge in [0.05, 0.1) is 17.7 Å². The predicted molar refractivity (Wildman–Crippen MR) is 158 cm³/mol. The van der Waals surface area contributed by atoms with Crippen LogP contribution in [0.15, 0.2) is 71.6 Å². The van der Waals surface area contributed by atoms with E-state index in [2.05, 4.69) is 5.32 Å². The van der Waals surface area contributed by atoms with Gasteiger partial charge in [-0.15, -0.1) is 0 Å². The molecule has 11 heteroatoms. The Morgan fingerprint density at radius 1 is 0.950 bits per heavy atom. The van der Waals surface area contributed by atoms with Crippen molar-refractivity contribution in [2.75, 3.05) is 24.5 Å². The minimum atomic E-state index is -4.20. The lowest BCUT2D eigenvalue weighted by atomic mass is 10.1. The van der Waals surface area contributed by atoms with Crippen molar-refractivity contribution in [3.63, 3.8) is 0 Å². The molecule has 8 nitrogen and oxygen atoms in total. The highest BCUT2D eigenvalue weighted by Crippen LogP contribution is 2.29. The number of carbonyl (C=O) groups is 2. The summed E-state index contributed by atoms with van der Waals surface area (Å²) in [6.45, 7) is 5.16. The summed E-state index contributed by atoms with van der Waals surface area (Å²) < 4.78 is 34.0. The van der Waals surface area contributed by atoms with Crippen LogP contribution in [-0.4, -0.2) is 51.4 Å². The molecule has 1 atom stereocenters. The van der Waals surface area contributed by atoms with Crippen LogP contribution in [-0.2, 0) is 26.2 Å². The van der Waals surface area contributed by atoms with Crippen LogP contribution in [0.25, 0.3) is 0 Å². The number of sulfonamides is 1. The summed E-state index contributed by atoms with van der Waals surface area (Å²) >= 11 is 12.8. The number of nitrogens with one attached hydrogen (secondary N) is 1. The van der Waals surface area contributed by atoms with Crippen molar-refractivity contribution < 1.29 is 22.7 Å². The van der Waals surface area contributed by atoms with Crippen LogP contribution in [0.5, 0.6) is 5.75 Å². The number of anilines is 1. The predicted octanol–water partition coefficient (Wildman–Crippen LogP) is 5.45. The Balaban J connectivity index is 2.09. The molecule has 0 aliphatic heterocycles. The lowest BCUT2D eigenvalue weighted by Gasteiger charge is -2.33. The van der Waals surface area contributed by atoms with Crippen LogP contribution in [0.1, 0.15) is 31.4 Å². The lowest BCUT2D eigenvalue weighted by Crippen LogP contribution is -2.52. The lowest BCUT2D eigenvalue weighted by molar-refractivity contribution is -0.140. The Bertz CT molecular complexity index is 1410. The van der Waals surface area contributed by atoms with Gasteiger partial charge in [-0.05, 0) is 68.8 Å². The standard InChI is InChI=1S/C29H33Cl2N3O5S/c1-5-27(29(36)32-6-2)33(18-24-25(30)8-7-9-26(24)31)28(35)19-34(21-12-10-20(3)11-13-21)40(37,38)23-16-14-22(39-4)15-17-23/h7-17,27H,5-6,18-19H2,1-4H3,(H,32,36)/t27-/m1/s1. The van der Waals surface area contributed by atoms with Gasteiger partial charge in [-0.3, -0.25) is 13.9 Å². The van der Waals surface area contributed by atoms with Crippen molar-refractivity contribution in [2.24, 2.45) is 0 Å². The van der Waals surface area contributed by atoms with Crippen molar-refractivity contribution in [1.82, 2.24) is 10.2 Å². The minimum absolute atomic E-state index is 0.0156. The van der Waals surface area contributed by atoms with Crippen LogP contribution in [0.2, 0.25) is 10.0 Å². The largest absolute Gasteiger partial charge is 0.497 e. The first-order valence-corrected chi connectivity index (χ1v) is 15.0. The van der Waals surface area contributed by atoms with E-state index in [1.54, 1.807) is 56.3 Å². The number of carbonyl (C=O) groups excluding carboxylic acids is 2. The first-order chi connectivity index (χ1) is 19.0. The Labute approximate surface area is 245 Å². The summed E-state index contributed by atoms with van der Waals surface area (Å²) in [4.78, 5) is 28.4. The first kappa shape index (κ1) is 31.3. The number of ether oxygens (including phenoxy) is 1. The molecular weight excluding hydrogens is 573 g/mol. The highest BCUT2D eigenvalue weighted by molar-refractivity contribution is 7.92. The van der Waals surface area contributed by atoms with E-state index in [-0.39, 0.29) is 23.8 Å². The van der Waals surface area contributed by atoms with Crippen molar-refractivity contribution in [2.45, 2.75) is 44.7 Å². The molecule has 0 aliphatic carbocycles. The summed E-state index contributed by atoms with van der Waals surface area (Å²) in [5.41, 5.74) is 1.69. The van der Waals surface area contributed by atoms with Gasteiger partial charge in [-0.2, -0.15) is 0 Å². The molecule has 0 aliphatic rings. The molecule has 0 spiro atoms. The summed E-state index contributed by atoms with van der Waals surface area (Å²) in [6.07, 6.45) is 0.287. The summed E-state index contributed by atoms with van der Waals surface area (Å²) in [6, 6.07) is 16.8. The van der Waals surface area contributed by atoms with E-state index in [4.69, 9.17) is 27.9 Å². The fraction of sp³-hybridized carbons (Fsp3) is 0.310. The molecule has 2 amide bonds. The zero-order valence-corrected chi connectivity index (χ0v) is 25.2. The zero-order valence-electron chi connectivity index (χ0n) is 22.9. The molecule has 0 radical (unpaired) electrons. The quantitative estimate of drug-likeness (QED) is 0.296. The smallest absolute Gasteiger partial charge is 0.264 e. The Hall–Kier alpha value is -3.27. The van der Waals surface area contributed by atoms with Gasteiger partial charge in [0.2, 0.25) is 11.8 Å². The van der Waals surface area contributed by atoms with E-state index >= 15 is 0 Å². The Kier molecular flexibility index (Phi) is 10.8.